The van der Waals surface area contributed by atoms with Gasteiger partial charge in [0.25, 0.3) is 0 Å². The van der Waals surface area contributed by atoms with E-state index < -0.39 is 0 Å². The number of rotatable bonds is 5. The van der Waals surface area contributed by atoms with Gasteiger partial charge in [0.1, 0.15) is 0 Å². The normalized spacial score (nSPS) is 17.1. The smallest absolute Gasteiger partial charge is 0.244 e. The van der Waals surface area contributed by atoms with Crippen molar-refractivity contribution in [2.75, 3.05) is 0 Å². The molecule has 5 heteroatoms. The fraction of sp³-hybridized carbons (Fsp3) is 0.412. The number of carbonyl (C=O) groups excluding carboxylic acids is 1. The van der Waals surface area contributed by atoms with E-state index in [4.69, 9.17) is 0 Å². The van der Waals surface area contributed by atoms with Gasteiger partial charge in [0.05, 0.1) is 12.2 Å². The van der Waals surface area contributed by atoms with Gasteiger partial charge >= 0.3 is 0 Å². The minimum Gasteiger partial charge on any atom is -0.345 e. The van der Waals surface area contributed by atoms with Crippen molar-refractivity contribution in [1.29, 1.82) is 0 Å². The molecule has 0 spiro atoms. The molecule has 0 unspecified atom stereocenters. The zero-order valence-electron chi connectivity index (χ0n) is 12.7. The molecular weight excluding hydrogens is 294 g/mol. The summed E-state index contributed by atoms with van der Waals surface area (Å²) < 4.78 is 1.73. The Kier molecular flexibility index (Phi) is 4.73. The van der Waals surface area contributed by atoms with Crippen LogP contribution in [-0.2, 0) is 11.8 Å². The number of hydrogen-bond acceptors (Lipinski definition) is 3. The number of aromatic nitrogens is 2. The van der Waals surface area contributed by atoms with Crippen LogP contribution < -0.4 is 5.32 Å². The van der Waals surface area contributed by atoms with E-state index in [0.717, 1.165) is 5.56 Å². The van der Waals surface area contributed by atoms with Crippen LogP contribution >= 0.6 is 11.3 Å². The molecule has 1 atom stereocenters. The van der Waals surface area contributed by atoms with Crippen molar-refractivity contribution in [3.8, 4) is 0 Å². The third-order valence-electron chi connectivity index (χ3n) is 4.17. The number of nitrogens with zero attached hydrogens (tertiary/aromatic N) is 2. The highest BCUT2D eigenvalue weighted by Crippen LogP contribution is 2.37. The Balaban J connectivity index is 1.67. The highest BCUT2D eigenvalue weighted by molar-refractivity contribution is 7.10. The van der Waals surface area contributed by atoms with Gasteiger partial charge in [-0.15, -0.1) is 11.3 Å². The summed E-state index contributed by atoms with van der Waals surface area (Å²) in [6, 6.07) is 4.33. The molecule has 2 heterocycles. The minimum atomic E-state index is -0.0332. The van der Waals surface area contributed by atoms with E-state index in [1.54, 1.807) is 28.3 Å². The molecular formula is C17H21N3OS. The first kappa shape index (κ1) is 15.0. The summed E-state index contributed by atoms with van der Waals surface area (Å²) in [6.07, 6.45) is 12.0. The maximum atomic E-state index is 12.3. The zero-order valence-corrected chi connectivity index (χ0v) is 13.6. The Morgan fingerprint density at radius 2 is 2.32 bits per heavy atom. The lowest BCUT2D eigenvalue weighted by Gasteiger charge is -2.23. The topological polar surface area (TPSA) is 46.9 Å². The SMILES string of the molecule is Cn1cc(/C=C\C(=O)N[C@H](c2cccs2)C2CCCC2)cn1. The van der Waals surface area contributed by atoms with Crippen LogP contribution in [0.1, 0.15) is 42.2 Å². The monoisotopic (exact) mass is 315 g/mol. The summed E-state index contributed by atoms with van der Waals surface area (Å²) >= 11 is 1.73. The van der Waals surface area contributed by atoms with Crippen LogP contribution in [0.3, 0.4) is 0 Å². The van der Waals surface area contributed by atoms with E-state index in [2.05, 4.69) is 27.9 Å². The molecule has 1 saturated carbocycles. The molecule has 1 aliphatic rings. The number of thiophene rings is 1. The van der Waals surface area contributed by atoms with Crippen molar-refractivity contribution in [3.05, 3.63) is 46.4 Å². The van der Waals surface area contributed by atoms with Gasteiger partial charge in [-0.05, 0) is 36.3 Å². The van der Waals surface area contributed by atoms with Crippen LogP contribution in [0.5, 0.6) is 0 Å². The molecule has 0 aliphatic heterocycles. The second-order valence-corrected chi connectivity index (χ2v) is 6.81. The highest BCUT2D eigenvalue weighted by atomic mass is 32.1. The first-order valence-electron chi connectivity index (χ1n) is 7.73. The molecule has 116 valence electrons. The summed E-state index contributed by atoms with van der Waals surface area (Å²) in [5.74, 6) is 0.531. The van der Waals surface area contributed by atoms with Gasteiger partial charge in [-0.1, -0.05) is 18.9 Å². The predicted molar refractivity (Wildman–Crippen MR) is 89.4 cm³/mol. The molecule has 0 aromatic carbocycles. The highest BCUT2D eigenvalue weighted by Gasteiger charge is 2.27. The van der Waals surface area contributed by atoms with E-state index in [1.165, 1.54) is 30.6 Å². The van der Waals surface area contributed by atoms with Crippen LogP contribution in [0, 0.1) is 5.92 Å². The van der Waals surface area contributed by atoms with Gasteiger partial charge in [0.15, 0.2) is 0 Å². The summed E-state index contributed by atoms with van der Waals surface area (Å²) in [4.78, 5) is 13.5. The molecule has 0 saturated heterocycles. The maximum Gasteiger partial charge on any atom is 0.244 e. The number of amides is 1. The van der Waals surface area contributed by atoms with Gasteiger partial charge in [-0.2, -0.15) is 5.10 Å². The van der Waals surface area contributed by atoms with Crippen molar-refractivity contribution < 1.29 is 4.79 Å². The van der Waals surface area contributed by atoms with Crippen LogP contribution in [0.4, 0.5) is 0 Å². The minimum absolute atomic E-state index is 0.0332. The zero-order chi connectivity index (χ0) is 15.4. The molecule has 1 aliphatic carbocycles. The van der Waals surface area contributed by atoms with Crippen molar-refractivity contribution in [2.45, 2.75) is 31.7 Å². The largest absolute Gasteiger partial charge is 0.345 e. The fourth-order valence-corrected chi connectivity index (χ4v) is 3.95. The summed E-state index contributed by atoms with van der Waals surface area (Å²) in [7, 11) is 1.87. The van der Waals surface area contributed by atoms with E-state index in [1.807, 2.05) is 19.3 Å². The standard InChI is InChI=1S/C17H21N3OS/c1-20-12-13(11-18-20)8-9-16(21)19-17(14-5-2-3-6-14)15-7-4-10-22-15/h4,7-12,14,17H,2-3,5-6H2,1H3,(H,19,21)/b9-8-/t17-/m0/s1. The van der Waals surface area contributed by atoms with E-state index in [9.17, 15) is 4.79 Å². The molecule has 2 aromatic heterocycles. The van der Waals surface area contributed by atoms with Gasteiger partial charge in [0, 0.05) is 29.8 Å². The molecule has 4 nitrogen and oxygen atoms in total. The Labute approximate surface area is 134 Å². The third kappa shape index (κ3) is 3.65. The Hall–Kier alpha value is -1.88. The van der Waals surface area contributed by atoms with Gasteiger partial charge in [0.2, 0.25) is 5.91 Å². The van der Waals surface area contributed by atoms with Crippen LogP contribution in [0.15, 0.2) is 36.0 Å². The Morgan fingerprint density at radius 1 is 1.50 bits per heavy atom. The molecule has 3 rings (SSSR count). The van der Waals surface area contributed by atoms with E-state index >= 15 is 0 Å². The quantitative estimate of drug-likeness (QED) is 0.858. The lowest BCUT2D eigenvalue weighted by Crippen LogP contribution is -2.30. The molecule has 1 amide bonds. The number of carbonyl (C=O) groups is 1. The molecule has 2 aromatic rings. The lowest BCUT2D eigenvalue weighted by molar-refractivity contribution is -0.117. The summed E-state index contributed by atoms with van der Waals surface area (Å²) in [5.41, 5.74) is 0.936. The maximum absolute atomic E-state index is 12.3. The third-order valence-corrected chi connectivity index (χ3v) is 5.13. The summed E-state index contributed by atoms with van der Waals surface area (Å²) in [6.45, 7) is 0. The number of nitrogens with one attached hydrogen (secondary N) is 1. The summed E-state index contributed by atoms with van der Waals surface area (Å²) in [5, 5.41) is 9.37. The van der Waals surface area contributed by atoms with E-state index in [-0.39, 0.29) is 11.9 Å². The van der Waals surface area contributed by atoms with Crippen molar-refractivity contribution in [2.24, 2.45) is 13.0 Å². The second kappa shape index (κ2) is 6.92. The molecule has 0 radical (unpaired) electrons. The second-order valence-electron chi connectivity index (χ2n) is 5.83. The Morgan fingerprint density at radius 3 is 2.95 bits per heavy atom. The average molecular weight is 315 g/mol. The van der Waals surface area contributed by atoms with Crippen molar-refractivity contribution in [1.82, 2.24) is 15.1 Å². The fourth-order valence-electron chi connectivity index (χ4n) is 3.08. The molecule has 1 fully saturated rings. The average Bonchev–Trinajstić information content (AvgIpc) is 3.25. The van der Waals surface area contributed by atoms with Gasteiger partial charge < -0.3 is 5.32 Å². The first-order chi connectivity index (χ1) is 10.7. The van der Waals surface area contributed by atoms with Crippen LogP contribution in [-0.4, -0.2) is 15.7 Å². The van der Waals surface area contributed by atoms with Crippen LogP contribution in [0.25, 0.3) is 6.08 Å². The van der Waals surface area contributed by atoms with Crippen molar-refractivity contribution >= 4 is 23.3 Å². The van der Waals surface area contributed by atoms with Gasteiger partial charge in [-0.25, -0.2) is 0 Å². The predicted octanol–water partition coefficient (Wildman–Crippen LogP) is 3.54. The lowest BCUT2D eigenvalue weighted by atomic mass is 9.96. The number of hydrogen-bond donors (Lipinski definition) is 1. The number of aryl methyl sites for hydroxylation is 1. The van der Waals surface area contributed by atoms with Crippen LogP contribution in [0.2, 0.25) is 0 Å². The Bertz CT molecular complexity index is 639. The van der Waals surface area contributed by atoms with E-state index in [0.29, 0.717) is 5.92 Å². The van der Waals surface area contributed by atoms with Crippen molar-refractivity contribution in [3.63, 3.8) is 0 Å². The first-order valence-corrected chi connectivity index (χ1v) is 8.61. The molecule has 1 N–H and O–H groups in total. The molecule has 0 bridgehead atoms. The molecule has 22 heavy (non-hydrogen) atoms. The van der Waals surface area contributed by atoms with Gasteiger partial charge in [-0.3, -0.25) is 9.48 Å².